The Morgan fingerprint density at radius 1 is 1.44 bits per heavy atom. The largest absolute Gasteiger partial charge is 0.385 e. The molecule has 0 aromatic heterocycles. The lowest BCUT2D eigenvalue weighted by molar-refractivity contribution is 0.186. The summed E-state index contributed by atoms with van der Waals surface area (Å²) in [6.45, 7) is 2.94. The minimum Gasteiger partial charge on any atom is -0.385 e. The van der Waals surface area contributed by atoms with E-state index in [2.05, 4.69) is 6.92 Å². The van der Waals surface area contributed by atoms with Gasteiger partial charge in [-0.15, -0.1) is 0 Å². The molecule has 2 nitrogen and oxygen atoms in total. The number of methoxy groups -OCH3 is 1. The summed E-state index contributed by atoms with van der Waals surface area (Å²) >= 11 is 0. The molecule has 9 heavy (non-hydrogen) atoms. The molecule has 2 N–H and O–H groups in total. The zero-order chi connectivity index (χ0) is 7.11. The van der Waals surface area contributed by atoms with Crippen LogP contribution in [0.1, 0.15) is 26.2 Å². The van der Waals surface area contributed by atoms with Gasteiger partial charge < -0.3 is 10.5 Å². The van der Waals surface area contributed by atoms with Gasteiger partial charge >= 0.3 is 0 Å². The summed E-state index contributed by atoms with van der Waals surface area (Å²) < 4.78 is 4.88. The van der Waals surface area contributed by atoms with E-state index in [1.807, 2.05) is 0 Å². The highest BCUT2D eigenvalue weighted by Crippen LogP contribution is 1.97. The predicted molar refractivity (Wildman–Crippen MR) is 39.4 cm³/mol. The van der Waals surface area contributed by atoms with Crippen molar-refractivity contribution < 1.29 is 4.74 Å². The lowest BCUT2D eigenvalue weighted by Crippen LogP contribution is -2.21. The third kappa shape index (κ3) is 5.80. The van der Waals surface area contributed by atoms with Crippen LogP contribution >= 0.6 is 0 Å². The monoisotopic (exact) mass is 131 g/mol. The fourth-order valence-corrected chi connectivity index (χ4v) is 0.784. The van der Waals surface area contributed by atoms with Gasteiger partial charge in [-0.05, 0) is 12.8 Å². The molecule has 0 aliphatic heterocycles. The first kappa shape index (κ1) is 8.92. The lowest BCUT2D eigenvalue weighted by Gasteiger charge is -2.07. The maximum Gasteiger partial charge on any atom is 0.0477 e. The van der Waals surface area contributed by atoms with Gasteiger partial charge in [-0.2, -0.15) is 0 Å². The van der Waals surface area contributed by atoms with Crippen LogP contribution in [0.4, 0.5) is 0 Å². The van der Waals surface area contributed by atoms with E-state index >= 15 is 0 Å². The Morgan fingerprint density at radius 3 is 2.56 bits per heavy atom. The van der Waals surface area contributed by atoms with E-state index in [-0.39, 0.29) is 0 Å². The lowest BCUT2D eigenvalue weighted by atomic mass is 10.1. The molecule has 0 rings (SSSR count). The zero-order valence-corrected chi connectivity index (χ0v) is 6.39. The molecule has 0 saturated heterocycles. The van der Waals surface area contributed by atoms with Gasteiger partial charge in [0.2, 0.25) is 0 Å². The van der Waals surface area contributed by atoms with Crippen molar-refractivity contribution in [2.45, 2.75) is 32.2 Å². The van der Waals surface area contributed by atoms with Crippen molar-refractivity contribution in [2.75, 3.05) is 13.7 Å². The van der Waals surface area contributed by atoms with Gasteiger partial charge in [0.15, 0.2) is 0 Å². The number of hydrogen-bond acceptors (Lipinski definition) is 2. The molecule has 56 valence electrons. The predicted octanol–water partition coefficient (Wildman–Crippen LogP) is 1.15. The van der Waals surface area contributed by atoms with Gasteiger partial charge in [0.25, 0.3) is 0 Å². The van der Waals surface area contributed by atoms with E-state index in [0.29, 0.717) is 6.04 Å². The minimum atomic E-state index is 0.343. The summed E-state index contributed by atoms with van der Waals surface area (Å²) in [6, 6.07) is 0.343. The Balaban J connectivity index is 2.95. The van der Waals surface area contributed by atoms with Crippen LogP contribution in [-0.4, -0.2) is 19.8 Å². The third-order valence-corrected chi connectivity index (χ3v) is 1.35. The molecule has 0 aromatic rings. The fraction of sp³-hybridized carbons (Fsp3) is 1.00. The highest BCUT2D eigenvalue weighted by molar-refractivity contribution is 4.58. The summed E-state index contributed by atoms with van der Waals surface area (Å²) in [5.74, 6) is 0. The number of rotatable bonds is 5. The maximum absolute atomic E-state index is 5.69. The van der Waals surface area contributed by atoms with Crippen LogP contribution in [-0.2, 0) is 4.74 Å². The smallest absolute Gasteiger partial charge is 0.0477 e. The number of ether oxygens (including phenoxy) is 1. The van der Waals surface area contributed by atoms with E-state index in [4.69, 9.17) is 10.5 Å². The average Bonchev–Trinajstić information content (AvgIpc) is 1.85. The highest BCUT2D eigenvalue weighted by atomic mass is 16.5. The Hall–Kier alpha value is -0.0800. The van der Waals surface area contributed by atoms with E-state index in [1.165, 1.54) is 6.42 Å². The van der Waals surface area contributed by atoms with Crippen LogP contribution in [0, 0.1) is 0 Å². The first-order valence-corrected chi connectivity index (χ1v) is 3.55. The van der Waals surface area contributed by atoms with Gasteiger partial charge in [-0.3, -0.25) is 0 Å². The first-order valence-electron chi connectivity index (χ1n) is 3.55. The van der Waals surface area contributed by atoms with Crippen LogP contribution in [0.15, 0.2) is 0 Å². The molecule has 1 atom stereocenters. The van der Waals surface area contributed by atoms with Crippen molar-refractivity contribution in [3.8, 4) is 0 Å². The van der Waals surface area contributed by atoms with Crippen molar-refractivity contribution in [2.24, 2.45) is 5.73 Å². The molecule has 0 unspecified atom stereocenters. The molecule has 0 heterocycles. The van der Waals surface area contributed by atoms with Crippen molar-refractivity contribution in [3.63, 3.8) is 0 Å². The second kappa shape index (κ2) is 6.05. The van der Waals surface area contributed by atoms with Crippen molar-refractivity contribution in [1.82, 2.24) is 0 Å². The van der Waals surface area contributed by atoms with Gasteiger partial charge in [0.1, 0.15) is 0 Å². The number of hydrogen-bond donors (Lipinski definition) is 1. The van der Waals surface area contributed by atoms with E-state index in [9.17, 15) is 0 Å². The second-order valence-electron chi connectivity index (χ2n) is 2.33. The van der Waals surface area contributed by atoms with E-state index in [1.54, 1.807) is 7.11 Å². The normalized spacial score (nSPS) is 13.7. The molecular weight excluding hydrogens is 114 g/mol. The fourth-order valence-electron chi connectivity index (χ4n) is 0.784. The molecule has 0 spiro atoms. The van der Waals surface area contributed by atoms with Crippen molar-refractivity contribution >= 4 is 0 Å². The molecule has 0 aliphatic carbocycles. The van der Waals surface area contributed by atoms with Crippen molar-refractivity contribution in [1.29, 1.82) is 0 Å². The molecule has 0 saturated carbocycles. The molecule has 0 bridgehead atoms. The second-order valence-corrected chi connectivity index (χ2v) is 2.33. The van der Waals surface area contributed by atoms with Crippen LogP contribution in [0.3, 0.4) is 0 Å². The summed E-state index contributed by atoms with van der Waals surface area (Å²) in [4.78, 5) is 0. The minimum absolute atomic E-state index is 0.343. The Labute approximate surface area is 57.4 Å². The SMILES string of the molecule is CCC[C@@H](N)CCOC. The molecule has 2 heteroatoms. The van der Waals surface area contributed by atoms with Crippen LogP contribution in [0.2, 0.25) is 0 Å². The summed E-state index contributed by atoms with van der Waals surface area (Å²) in [6.07, 6.45) is 3.28. The van der Waals surface area contributed by atoms with Gasteiger partial charge in [0, 0.05) is 19.8 Å². The highest BCUT2D eigenvalue weighted by Gasteiger charge is 1.98. The zero-order valence-electron chi connectivity index (χ0n) is 6.39. The molecule has 0 aromatic carbocycles. The molecule has 0 amide bonds. The first-order chi connectivity index (χ1) is 4.31. The Bertz CT molecular complexity index is 56.9. The van der Waals surface area contributed by atoms with Crippen molar-refractivity contribution in [3.05, 3.63) is 0 Å². The molecule has 0 radical (unpaired) electrons. The maximum atomic E-state index is 5.69. The molecule has 0 aliphatic rings. The summed E-state index contributed by atoms with van der Waals surface area (Å²) in [5.41, 5.74) is 5.69. The van der Waals surface area contributed by atoms with E-state index < -0.39 is 0 Å². The quantitative estimate of drug-likeness (QED) is 0.607. The summed E-state index contributed by atoms with van der Waals surface area (Å²) in [7, 11) is 1.71. The van der Waals surface area contributed by atoms with Gasteiger partial charge in [0.05, 0.1) is 0 Å². The third-order valence-electron chi connectivity index (χ3n) is 1.35. The Kier molecular flexibility index (Phi) is 5.99. The van der Waals surface area contributed by atoms with Crippen LogP contribution < -0.4 is 5.73 Å². The van der Waals surface area contributed by atoms with Gasteiger partial charge in [-0.1, -0.05) is 13.3 Å². The topological polar surface area (TPSA) is 35.2 Å². The summed E-state index contributed by atoms with van der Waals surface area (Å²) in [5, 5.41) is 0. The van der Waals surface area contributed by atoms with E-state index in [0.717, 1.165) is 19.4 Å². The average molecular weight is 131 g/mol. The van der Waals surface area contributed by atoms with Crippen LogP contribution in [0.25, 0.3) is 0 Å². The standard InChI is InChI=1S/C7H17NO/c1-3-4-7(8)5-6-9-2/h7H,3-6,8H2,1-2H3/t7-/m1/s1. The number of nitrogens with two attached hydrogens (primary N) is 1. The van der Waals surface area contributed by atoms with Crippen LogP contribution in [0.5, 0.6) is 0 Å². The molecule has 0 fully saturated rings. The Morgan fingerprint density at radius 2 is 2.11 bits per heavy atom. The van der Waals surface area contributed by atoms with Gasteiger partial charge in [-0.25, -0.2) is 0 Å². The molecular formula is C7H17NO.